The fourth-order valence-electron chi connectivity index (χ4n) is 2.11. The molecule has 1 aliphatic heterocycles. The smallest absolute Gasteiger partial charge is 0.0110 e. The van der Waals surface area contributed by atoms with E-state index in [4.69, 9.17) is 0 Å². The lowest BCUT2D eigenvalue weighted by molar-refractivity contribution is 0.156. The Bertz CT molecular complexity index is 337. The molecule has 1 aliphatic rings. The molecule has 0 amide bonds. The fourth-order valence-corrected chi connectivity index (χ4v) is 2.11. The van der Waals surface area contributed by atoms with Crippen molar-refractivity contribution >= 4 is 6.08 Å². The van der Waals surface area contributed by atoms with Gasteiger partial charge in [0.2, 0.25) is 0 Å². The second-order valence-corrected chi connectivity index (χ2v) is 4.75. The van der Waals surface area contributed by atoms with Gasteiger partial charge in [0.15, 0.2) is 0 Å². The van der Waals surface area contributed by atoms with Crippen LogP contribution in [0.15, 0.2) is 36.4 Å². The topological polar surface area (TPSA) is 6.48 Å². The van der Waals surface area contributed by atoms with E-state index in [0.717, 1.165) is 6.42 Å². The Hall–Kier alpha value is -1.12. The summed E-state index contributed by atoms with van der Waals surface area (Å²) in [4.78, 5) is 4.95. The van der Waals surface area contributed by atoms with Crippen molar-refractivity contribution in [3.05, 3.63) is 42.0 Å². The van der Waals surface area contributed by atoms with E-state index in [1.807, 2.05) is 0 Å². The molecule has 0 saturated carbocycles. The summed E-state index contributed by atoms with van der Waals surface area (Å²) in [6, 6.07) is 10.5. The number of nitrogens with zero attached hydrogens (tertiary/aromatic N) is 2. The van der Waals surface area contributed by atoms with E-state index in [1.54, 1.807) is 0 Å². The molecule has 1 fully saturated rings. The molecule has 2 rings (SSSR count). The Labute approximate surface area is 105 Å². The molecule has 2 nitrogen and oxygen atoms in total. The van der Waals surface area contributed by atoms with E-state index >= 15 is 0 Å². The molecule has 17 heavy (non-hydrogen) atoms. The first-order chi connectivity index (χ1) is 8.34. The summed E-state index contributed by atoms with van der Waals surface area (Å²) in [6.07, 6.45) is 5.66. The Balaban J connectivity index is 1.68. The molecule has 0 unspecified atom stereocenters. The first kappa shape index (κ1) is 12.3. The summed E-state index contributed by atoms with van der Waals surface area (Å²) in [5.41, 5.74) is 1.30. The quantitative estimate of drug-likeness (QED) is 0.783. The molecule has 1 heterocycles. The zero-order valence-electron chi connectivity index (χ0n) is 10.7. The van der Waals surface area contributed by atoms with Gasteiger partial charge in [-0.15, -0.1) is 0 Å². The Kier molecular flexibility index (Phi) is 4.77. The Morgan fingerprint density at radius 1 is 1.06 bits per heavy atom. The lowest BCUT2D eigenvalue weighted by Crippen LogP contribution is -2.44. The third-order valence-corrected chi connectivity index (χ3v) is 3.32. The maximum absolute atomic E-state index is 2.55. The molecule has 2 heteroatoms. The number of likely N-dealkylation sites (N-methyl/N-ethyl adjacent to an activating group) is 1. The lowest BCUT2D eigenvalue weighted by atomic mass is 10.2. The number of benzene rings is 1. The Morgan fingerprint density at radius 2 is 1.76 bits per heavy atom. The summed E-state index contributed by atoms with van der Waals surface area (Å²) in [5, 5.41) is 0. The standard InChI is InChI=1S/C15H22N2/c1-16-11-13-17(14-12-16)10-6-5-9-15-7-3-2-4-8-15/h2-5,7-9H,6,10-14H2,1H3/b9-5+. The third-order valence-electron chi connectivity index (χ3n) is 3.32. The van der Waals surface area contributed by atoms with Crippen LogP contribution in [-0.2, 0) is 0 Å². The molecular formula is C15H22N2. The van der Waals surface area contributed by atoms with Crippen molar-refractivity contribution in [2.75, 3.05) is 39.8 Å². The summed E-state index contributed by atoms with van der Waals surface area (Å²) < 4.78 is 0. The SMILES string of the molecule is CN1CCN(CC/C=C/c2ccccc2)CC1. The van der Waals surface area contributed by atoms with Gasteiger partial charge in [-0.3, -0.25) is 0 Å². The predicted octanol–water partition coefficient (Wildman–Crippen LogP) is 2.34. The maximum atomic E-state index is 2.55. The normalized spacial score (nSPS) is 18.9. The van der Waals surface area contributed by atoms with Crippen LogP contribution in [0.5, 0.6) is 0 Å². The van der Waals surface area contributed by atoms with Crippen molar-refractivity contribution in [1.82, 2.24) is 9.80 Å². The number of hydrogen-bond donors (Lipinski definition) is 0. The summed E-state index contributed by atoms with van der Waals surface area (Å²) >= 11 is 0. The third kappa shape index (κ3) is 4.33. The van der Waals surface area contributed by atoms with Gasteiger partial charge >= 0.3 is 0 Å². The van der Waals surface area contributed by atoms with Crippen molar-refractivity contribution in [3.63, 3.8) is 0 Å². The maximum Gasteiger partial charge on any atom is 0.0110 e. The van der Waals surface area contributed by atoms with Gasteiger partial charge in [-0.1, -0.05) is 42.5 Å². The molecule has 0 aromatic heterocycles. The minimum atomic E-state index is 1.15. The van der Waals surface area contributed by atoms with Crippen LogP contribution in [0.25, 0.3) is 6.08 Å². The van der Waals surface area contributed by atoms with Gasteiger partial charge in [0.1, 0.15) is 0 Å². The van der Waals surface area contributed by atoms with Crippen molar-refractivity contribution < 1.29 is 0 Å². The summed E-state index contributed by atoms with van der Waals surface area (Å²) in [5.74, 6) is 0. The highest BCUT2D eigenvalue weighted by molar-refractivity contribution is 5.48. The monoisotopic (exact) mass is 230 g/mol. The van der Waals surface area contributed by atoms with Crippen LogP contribution in [0.4, 0.5) is 0 Å². The van der Waals surface area contributed by atoms with Gasteiger partial charge in [-0.25, -0.2) is 0 Å². The zero-order valence-corrected chi connectivity index (χ0v) is 10.7. The minimum absolute atomic E-state index is 1.15. The highest BCUT2D eigenvalue weighted by Gasteiger charge is 2.11. The number of rotatable bonds is 4. The average molecular weight is 230 g/mol. The van der Waals surface area contributed by atoms with E-state index in [2.05, 4.69) is 59.3 Å². The van der Waals surface area contributed by atoms with Crippen LogP contribution in [0, 0.1) is 0 Å². The van der Waals surface area contributed by atoms with Gasteiger partial charge in [-0.05, 0) is 19.0 Å². The summed E-state index contributed by atoms with van der Waals surface area (Å²) in [6.45, 7) is 6.05. The second-order valence-electron chi connectivity index (χ2n) is 4.75. The molecule has 0 radical (unpaired) electrons. The van der Waals surface area contributed by atoms with Crippen LogP contribution >= 0.6 is 0 Å². The largest absolute Gasteiger partial charge is 0.304 e. The zero-order chi connectivity index (χ0) is 11.9. The molecular weight excluding hydrogens is 208 g/mol. The predicted molar refractivity (Wildman–Crippen MR) is 74.0 cm³/mol. The van der Waals surface area contributed by atoms with Crippen LogP contribution in [-0.4, -0.2) is 49.6 Å². The molecule has 1 saturated heterocycles. The number of hydrogen-bond acceptors (Lipinski definition) is 2. The van der Waals surface area contributed by atoms with Crippen LogP contribution in [0.2, 0.25) is 0 Å². The van der Waals surface area contributed by atoms with E-state index in [0.29, 0.717) is 0 Å². The van der Waals surface area contributed by atoms with Gasteiger partial charge in [0, 0.05) is 32.7 Å². The molecule has 92 valence electrons. The van der Waals surface area contributed by atoms with Crippen LogP contribution < -0.4 is 0 Å². The first-order valence-corrected chi connectivity index (χ1v) is 6.47. The molecule has 0 bridgehead atoms. The molecule has 1 aromatic carbocycles. The molecule has 1 aromatic rings. The fraction of sp³-hybridized carbons (Fsp3) is 0.467. The molecule has 0 spiro atoms. The van der Waals surface area contributed by atoms with Crippen LogP contribution in [0.3, 0.4) is 0 Å². The highest BCUT2D eigenvalue weighted by Crippen LogP contribution is 2.04. The molecule has 0 N–H and O–H groups in total. The lowest BCUT2D eigenvalue weighted by Gasteiger charge is -2.31. The Morgan fingerprint density at radius 3 is 2.47 bits per heavy atom. The highest BCUT2D eigenvalue weighted by atomic mass is 15.2. The van der Waals surface area contributed by atoms with E-state index in [9.17, 15) is 0 Å². The van der Waals surface area contributed by atoms with Gasteiger partial charge < -0.3 is 9.80 Å². The van der Waals surface area contributed by atoms with Crippen molar-refractivity contribution in [1.29, 1.82) is 0 Å². The minimum Gasteiger partial charge on any atom is -0.304 e. The molecule has 0 aliphatic carbocycles. The molecule has 0 atom stereocenters. The van der Waals surface area contributed by atoms with Crippen molar-refractivity contribution in [2.45, 2.75) is 6.42 Å². The summed E-state index contributed by atoms with van der Waals surface area (Å²) in [7, 11) is 2.20. The number of piperazine rings is 1. The van der Waals surface area contributed by atoms with Gasteiger partial charge in [-0.2, -0.15) is 0 Å². The van der Waals surface area contributed by atoms with Crippen LogP contribution in [0.1, 0.15) is 12.0 Å². The average Bonchev–Trinajstić information content (AvgIpc) is 2.38. The van der Waals surface area contributed by atoms with E-state index in [-0.39, 0.29) is 0 Å². The van der Waals surface area contributed by atoms with Crippen molar-refractivity contribution in [2.24, 2.45) is 0 Å². The van der Waals surface area contributed by atoms with Gasteiger partial charge in [0.05, 0.1) is 0 Å². The van der Waals surface area contributed by atoms with Gasteiger partial charge in [0.25, 0.3) is 0 Å². The van der Waals surface area contributed by atoms with E-state index in [1.165, 1.54) is 38.3 Å². The first-order valence-electron chi connectivity index (χ1n) is 6.47. The second kappa shape index (κ2) is 6.58. The van der Waals surface area contributed by atoms with Crippen molar-refractivity contribution in [3.8, 4) is 0 Å². The van der Waals surface area contributed by atoms with E-state index < -0.39 is 0 Å².